The molecule has 3 heteroatoms. The van der Waals surface area contributed by atoms with Crippen LogP contribution in [-0.2, 0) is 0 Å². The number of allylic oxidation sites excluding steroid dienone is 1. The highest BCUT2D eigenvalue weighted by molar-refractivity contribution is 5.69. The summed E-state index contributed by atoms with van der Waals surface area (Å²) in [5, 5.41) is 4.22. The van der Waals surface area contributed by atoms with Crippen LogP contribution in [0.25, 0.3) is 28.2 Å². The van der Waals surface area contributed by atoms with E-state index in [1.54, 1.807) is 0 Å². The molecule has 3 aromatic rings. The Morgan fingerprint density at radius 3 is 2.29 bits per heavy atom. The second-order valence-electron chi connectivity index (χ2n) is 7.22. The lowest BCUT2D eigenvalue weighted by Gasteiger charge is -2.06. The Balaban J connectivity index is 1.58. The van der Waals surface area contributed by atoms with Crippen molar-refractivity contribution in [2.45, 2.75) is 46.0 Å². The standard InChI is InChI=1S/C25H29NO2/c1-4-5-6-7-8-17-27-23-15-13-22(14-16-23)25-18-24(26-28-25)21-11-9-20(10-12-21)19(2)3/h9-16,18H,2,4-8,17H2,1,3H3. The normalized spacial score (nSPS) is 10.8. The van der Waals surface area contributed by atoms with E-state index in [2.05, 4.69) is 30.8 Å². The predicted octanol–water partition coefficient (Wildman–Crippen LogP) is 7.39. The average molecular weight is 376 g/mol. The summed E-state index contributed by atoms with van der Waals surface area (Å²) in [6, 6.07) is 18.2. The highest BCUT2D eigenvalue weighted by atomic mass is 16.5. The summed E-state index contributed by atoms with van der Waals surface area (Å²) in [4.78, 5) is 0. The molecule has 0 spiro atoms. The second kappa shape index (κ2) is 9.93. The van der Waals surface area contributed by atoms with Gasteiger partial charge in [0.2, 0.25) is 0 Å². The van der Waals surface area contributed by atoms with Crippen molar-refractivity contribution in [1.82, 2.24) is 5.16 Å². The van der Waals surface area contributed by atoms with Crippen molar-refractivity contribution >= 4 is 5.57 Å². The number of unbranched alkanes of at least 4 members (excludes halogenated alkanes) is 4. The molecule has 0 atom stereocenters. The lowest BCUT2D eigenvalue weighted by Crippen LogP contribution is -1.97. The minimum Gasteiger partial charge on any atom is -0.494 e. The molecule has 3 rings (SSSR count). The highest BCUT2D eigenvalue weighted by Crippen LogP contribution is 2.28. The monoisotopic (exact) mass is 375 g/mol. The average Bonchev–Trinajstić information content (AvgIpc) is 3.21. The summed E-state index contributed by atoms with van der Waals surface area (Å²) in [6.45, 7) is 8.98. The lowest BCUT2D eigenvalue weighted by atomic mass is 10.0. The number of rotatable bonds is 10. The van der Waals surface area contributed by atoms with Gasteiger partial charge in [-0.1, -0.05) is 74.2 Å². The fraction of sp³-hybridized carbons (Fsp3) is 0.320. The van der Waals surface area contributed by atoms with Crippen LogP contribution in [0.3, 0.4) is 0 Å². The fourth-order valence-electron chi connectivity index (χ4n) is 3.08. The molecule has 0 bridgehead atoms. The Morgan fingerprint density at radius 2 is 1.61 bits per heavy atom. The summed E-state index contributed by atoms with van der Waals surface area (Å²) in [5.74, 6) is 1.65. The largest absolute Gasteiger partial charge is 0.494 e. The smallest absolute Gasteiger partial charge is 0.167 e. The number of ether oxygens (including phenoxy) is 1. The molecule has 0 radical (unpaired) electrons. The summed E-state index contributed by atoms with van der Waals surface area (Å²) in [7, 11) is 0. The zero-order valence-electron chi connectivity index (χ0n) is 16.9. The molecule has 0 fully saturated rings. The zero-order valence-corrected chi connectivity index (χ0v) is 16.9. The molecule has 0 amide bonds. The first kappa shape index (κ1) is 19.9. The van der Waals surface area contributed by atoms with Gasteiger partial charge >= 0.3 is 0 Å². The Bertz CT molecular complexity index is 876. The van der Waals surface area contributed by atoms with Gasteiger partial charge in [-0.2, -0.15) is 0 Å². The van der Waals surface area contributed by atoms with E-state index in [-0.39, 0.29) is 0 Å². The van der Waals surface area contributed by atoms with Gasteiger partial charge in [-0.25, -0.2) is 0 Å². The van der Waals surface area contributed by atoms with Crippen LogP contribution in [-0.4, -0.2) is 11.8 Å². The first-order valence-corrected chi connectivity index (χ1v) is 10.1. The van der Waals surface area contributed by atoms with Crippen molar-refractivity contribution in [3.05, 3.63) is 66.7 Å². The van der Waals surface area contributed by atoms with Gasteiger partial charge in [-0.15, -0.1) is 0 Å². The summed E-state index contributed by atoms with van der Waals surface area (Å²) in [5.41, 5.74) is 5.04. The molecule has 0 N–H and O–H groups in total. The van der Waals surface area contributed by atoms with E-state index >= 15 is 0 Å². The summed E-state index contributed by atoms with van der Waals surface area (Å²) in [6.07, 6.45) is 6.22. The van der Waals surface area contributed by atoms with Gasteiger partial charge in [0, 0.05) is 17.2 Å². The van der Waals surface area contributed by atoms with E-state index < -0.39 is 0 Å². The van der Waals surface area contributed by atoms with Crippen molar-refractivity contribution in [2.24, 2.45) is 0 Å². The molecule has 0 saturated carbocycles. The van der Waals surface area contributed by atoms with Crippen LogP contribution >= 0.6 is 0 Å². The number of aromatic nitrogens is 1. The maximum atomic E-state index is 5.83. The number of benzene rings is 2. The van der Waals surface area contributed by atoms with Gasteiger partial charge in [-0.05, 0) is 43.2 Å². The molecule has 0 aliphatic heterocycles. The van der Waals surface area contributed by atoms with Gasteiger partial charge in [0.1, 0.15) is 11.4 Å². The molecule has 1 heterocycles. The van der Waals surface area contributed by atoms with E-state index in [4.69, 9.17) is 9.26 Å². The third-order valence-electron chi connectivity index (χ3n) is 4.84. The molecule has 0 saturated heterocycles. The van der Waals surface area contributed by atoms with Gasteiger partial charge in [0.05, 0.1) is 6.61 Å². The molecule has 28 heavy (non-hydrogen) atoms. The predicted molar refractivity (Wildman–Crippen MR) is 116 cm³/mol. The second-order valence-corrected chi connectivity index (χ2v) is 7.22. The van der Waals surface area contributed by atoms with Gasteiger partial charge in [0.15, 0.2) is 5.76 Å². The van der Waals surface area contributed by atoms with Crippen LogP contribution in [0.5, 0.6) is 5.75 Å². The third-order valence-corrected chi connectivity index (χ3v) is 4.84. The van der Waals surface area contributed by atoms with E-state index in [1.807, 2.05) is 49.4 Å². The van der Waals surface area contributed by atoms with Crippen LogP contribution in [0.4, 0.5) is 0 Å². The fourth-order valence-corrected chi connectivity index (χ4v) is 3.08. The van der Waals surface area contributed by atoms with Gasteiger partial charge < -0.3 is 9.26 Å². The van der Waals surface area contributed by atoms with Crippen molar-refractivity contribution in [3.8, 4) is 28.3 Å². The quantitative estimate of drug-likeness (QED) is 0.346. The maximum Gasteiger partial charge on any atom is 0.167 e. The van der Waals surface area contributed by atoms with Crippen molar-refractivity contribution in [2.75, 3.05) is 6.61 Å². The minimum atomic E-state index is 0.755. The molecule has 2 aromatic carbocycles. The molecule has 146 valence electrons. The van der Waals surface area contributed by atoms with Crippen LogP contribution < -0.4 is 4.74 Å². The van der Waals surface area contributed by atoms with Crippen LogP contribution in [0.15, 0.2) is 65.7 Å². The third kappa shape index (κ3) is 5.35. The van der Waals surface area contributed by atoms with E-state index in [1.165, 1.54) is 25.7 Å². The lowest BCUT2D eigenvalue weighted by molar-refractivity contribution is 0.304. The van der Waals surface area contributed by atoms with Crippen LogP contribution in [0.1, 0.15) is 51.5 Å². The Kier molecular flexibility index (Phi) is 7.07. The van der Waals surface area contributed by atoms with Crippen molar-refractivity contribution in [1.29, 1.82) is 0 Å². The minimum absolute atomic E-state index is 0.755. The Hall–Kier alpha value is -2.81. The molecular formula is C25H29NO2. The molecule has 0 aliphatic rings. The number of nitrogens with zero attached hydrogens (tertiary/aromatic N) is 1. The molecule has 0 aliphatic carbocycles. The van der Waals surface area contributed by atoms with E-state index in [0.29, 0.717) is 0 Å². The van der Waals surface area contributed by atoms with E-state index in [0.717, 1.165) is 52.5 Å². The maximum absolute atomic E-state index is 5.83. The topological polar surface area (TPSA) is 35.3 Å². The first-order chi connectivity index (χ1) is 13.7. The number of hydrogen-bond donors (Lipinski definition) is 0. The highest BCUT2D eigenvalue weighted by Gasteiger charge is 2.09. The Morgan fingerprint density at radius 1 is 0.929 bits per heavy atom. The molecule has 0 unspecified atom stereocenters. The SMILES string of the molecule is C=C(C)c1ccc(-c2cc(-c3ccc(OCCCCCCC)cc3)on2)cc1. The van der Waals surface area contributed by atoms with Crippen LogP contribution in [0, 0.1) is 0 Å². The summed E-state index contributed by atoms with van der Waals surface area (Å²) >= 11 is 0. The van der Waals surface area contributed by atoms with E-state index in [9.17, 15) is 0 Å². The van der Waals surface area contributed by atoms with Crippen molar-refractivity contribution < 1.29 is 9.26 Å². The van der Waals surface area contributed by atoms with Gasteiger partial charge in [-0.3, -0.25) is 0 Å². The van der Waals surface area contributed by atoms with Crippen LogP contribution in [0.2, 0.25) is 0 Å². The Labute approximate surface area is 168 Å². The molecular weight excluding hydrogens is 346 g/mol. The summed E-state index contributed by atoms with van der Waals surface area (Å²) < 4.78 is 11.4. The number of hydrogen-bond acceptors (Lipinski definition) is 3. The first-order valence-electron chi connectivity index (χ1n) is 10.1. The molecule has 1 aromatic heterocycles. The van der Waals surface area contributed by atoms with Crippen molar-refractivity contribution in [3.63, 3.8) is 0 Å². The van der Waals surface area contributed by atoms with Gasteiger partial charge in [0.25, 0.3) is 0 Å². The zero-order chi connectivity index (χ0) is 19.8. The molecule has 3 nitrogen and oxygen atoms in total.